The molecule has 1 atom stereocenters. The van der Waals surface area contributed by atoms with Gasteiger partial charge in [0.2, 0.25) is 0 Å². The quantitative estimate of drug-likeness (QED) is 0.235. The molecule has 1 unspecified atom stereocenters. The average molecular weight is 588 g/mol. The Morgan fingerprint density at radius 1 is 0.791 bits per heavy atom. The highest BCUT2D eigenvalue weighted by atomic mass is 19.4. The fourth-order valence-electron chi connectivity index (χ4n) is 5.42. The molecule has 1 aliphatic heterocycles. The van der Waals surface area contributed by atoms with Crippen molar-refractivity contribution in [1.82, 2.24) is 4.90 Å². The summed E-state index contributed by atoms with van der Waals surface area (Å²) in [5.74, 6) is -0.636. The molecule has 5 rings (SSSR count). The van der Waals surface area contributed by atoms with Crippen molar-refractivity contribution in [3.8, 4) is 11.1 Å². The Kier molecular flexibility index (Phi) is 9.11. The molecule has 6 nitrogen and oxygen atoms in total. The van der Waals surface area contributed by atoms with Gasteiger partial charge in [0.1, 0.15) is 6.04 Å². The molecule has 0 radical (unpaired) electrons. The Bertz CT molecular complexity index is 1540. The maximum absolute atomic E-state index is 13.2. The summed E-state index contributed by atoms with van der Waals surface area (Å²) in [6.45, 7) is 2.95. The van der Waals surface area contributed by atoms with Gasteiger partial charge in [-0.25, -0.2) is 4.79 Å². The highest BCUT2D eigenvalue weighted by molar-refractivity contribution is 6.08. The minimum absolute atomic E-state index is 0.278. The fourth-order valence-corrected chi connectivity index (χ4v) is 5.42. The van der Waals surface area contributed by atoms with Crippen LogP contribution in [0.2, 0.25) is 0 Å². The molecule has 1 amide bonds. The molecule has 0 aliphatic carbocycles. The Morgan fingerprint density at radius 3 is 2.14 bits per heavy atom. The van der Waals surface area contributed by atoms with Gasteiger partial charge in [-0.3, -0.25) is 9.69 Å². The van der Waals surface area contributed by atoms with Crippen molar-refractivity contribution in [2.45, 2.75) is 18.6 Å². The molecule has 0 aromatic heterocycles. The molecule has 9 heteroatoms. The smallest absolute Gasteiger partial charge is 0.416 e. The predicted octanol–water partition coefficient (Wildman–Crippen LogP) is 7.05. The van der Waals surface area contributed by atoms with Crippen LogP contribution in [-0.2, 0) is 15.7 Å². The van der Waals surface area contributed by atoms with Crippen LogP contribution >= 0.6 is 0 Å². The molecule has 1 N–H and O–H groups in total. The Morgan fingerprint density at radius 2 is 1.47 bits per heavy atom. The van der Waals surface area contributed by atoms with Gasteiger partial charge < -0.3 is 15.0 Å². The number of ether oxygens (including phenoxy) is 1. The van der Waals surface area contributed by atoms with Crippen LogP contribution in [0.1, 0.15) is 33.9 Å². The lowest BCUT2D eigenvalue weighted by atomic mass is 9.98. The van der Waals surface area contributed by atoms with Crippen molar-refractivity contribution in [3.05, 3.63) is 120 Å². The maximum Gasteiger partial charge on any atom is 0.416 e. The van der Waals surface area contributed by atoms with Gasteiger partial charge >= 0.3 is 12.1 Å². The van der Waals surface area contributed by atoms with E-state index in [1.165, 1.54) is 19.2 Å². The average Bonchev–Trinajstić information content (AvgIpc) is 3.28. The van der Waals surface area contributed by atoms with Gasteiger partial charge in [-0.2, -0.15) is 13.2 Å². The monoisotopic (exact) mass is 587 g/mol. The molecule has 0 saturated carbocycles. The third kappa shape index (κ3) is 7.06. The van der Waals surface area contributed by atoms with Crippen molar-refractivity contribution in [3.63, 3.8) is 0 Å². The first-order chi connectivity index (χ1) is 20.7. The summed E-state index contributed by atoms with van der Waals surface area (Å²) in [5.41, 5.74) is 3.18. The number of amides is 1. The zero-order valence-electron chi connectivity index (χ0n) is 23.7. The van der Waals surface area contributed by atoms with Crippen LogP contribution in [0.15, 0.2) is 103 Å². The van der Waals surface area contributed by atoms with E-state index in [-0.39, 0.29) is 11.9 Å². The summed E-state index contributed by atoms with van der Waals surface area (Å²) >= 11 is 0. The van der Waals surface area contributed by atoms with Crippen LogP contribution in [0.3, 0.4) is 0 Å². The van der Waals surface area contributed by atoms with Crippen molar-refractivity contribution in [1.29, 1.82) is 0 Å². The first-order valence-corrected chi connectivity index (χ1v) is 14.0. The number of methoxy groups -OCH3 is 1. The number of carbonyl (C=O) groups is 2. The van der Waals surface area contributed by atoms with Crippen molar-refractivity contribution in [2.24, 2.45) is 0 Å². The van der Waals surface area contributed by atoms with Gasteiger partial charge in [0.15, 0.2) is 0 Å². The van der Waals surface area contributed by atoms with Crippen molar-refractivity contribution >= 4 is 23.3 Å². The first kappa shape index (κ1) is 29.8. The highest BCUT2D eigenvalue weighted by Crippen LogP contribution is 2.32. The normalized spacial score (nSPS) is 14.9. The second-order valence-corrected chi connectivity index (χ2v) is 10.3. The molecule has 1 fully saturated rings. The summed E-state index contributed by atoms with van der Waals surface area (Å²) in [6.07, 6.45) is -3.57. The first-order valence-electron chi connectivity index (χ1n) is 14.0. The van der Waals surface area contributed by atoms with Crippen LogP contribution in [-0.4, -0.2) is 50.1 Å². The summed E-state index contributed by atoms with van der Waals surface area (Å²) in [4.78, 5) is 30.3. The highest BCUT2D eigenvalue weighted by Gasteiger charge is 2.31. The van der Waals surface area contributed by atoms with E-state index in [4.69, 9.17) is 4.74 Å². The lowest BCUT2D eigenvalue weighted by Crippen LogP contribution is -2.37. The zero-order chi connectivity index (χ0) is 30.4. The molecule has 1 saturated heterocycles. The number of rotatable bonds is 7. The van der Waals surface area contributed by atoms with Crippen LogP contribution in [0, 0.1) is 0 Å². The standard InChI is InChI=1S/C34H32F3N3O3/c1-43-33(42)31(25-8-3-2-4-9-25)40-21-7-20-39(22-23-40)28-18-16-27(17-19-28)38-32(41)30-11-6-5-10-29(30)24-12-14-26(15-13-24)34(35,36)37/h2-6,8-19,31H,7,20-23H2,1H3,(H,38,41). The number of halogens is 3. The van der Waals surface area contributed by atoms with Gasteiger partial charge in [-0.1, -0.05) is 60.7 Å². The van der Waals surface area contributed by atoms with E-state index in [0.29, 0.717) is 35.5 Å². The SMILES string of the molecule is COC(=O)C(c1ccccc1)N1CCCN(c2ccc(NC(=O)c3ccccc3-c3ccc(C(F)(F)F)cc3)cc2)CC1. The van der Waals surface area contributed by atoms with E-state index in [2.05, 4.69) is 15.1 Å². The number of hydrogen-bond donors (Lipinski definition) is 1. The van der Waals surface area contributed by atoms with Crippen LogP contribution in [0.4, 0.5) is 24.5 Å². The van der Waals surface area contributed by atoms with E-state index in [9.17, 15) is 22.8 Å². The number of esters is 1. The number of anilines is 2. The maximum atomic E-state index is 13.2. The van der Waals surface area contributed by atoms with E-state index < -0.39 is 17.8 Å². The number of hydrogen-bond acceptors (Lipinski definition) is 5. The lowest BCUT2D eigenvalue weighted by molar-refractivity contribution is -0.147. The third-order valence-corrected chi connectivity index (χ3v) is 7.62. The molecule has 4 aromatic rings. The van der Waals surface area contributed by atoms with Gasteiger partial charge in [0.05, 0.1) is 12.7 Å². The minimum atomic E-state index is -4.43. The zero-order valence-corrected chi connectivity index (χ0v) is 23.7. The van der Waals surface area contributed by atoms with Crippen LogP contribution in [0.5, 0.6) is 0 Å². The van der Waals surface area contributed by atoms with Crippen molar-refractivity contribution < 1.29 is 27.5 Å². The third-order valence-electron chi connectivity index (χ3n) is 7.62. The van der Waals surface area contributed by atoms with E-state index in [0.717, 1.165) is 42.9 Å². The number of carbonyl (C=O) groups excluding carboxylic acids is 2. The molecule has 43 heavy (non-hydrogen) atoms. The number of alkyl halides is 3. The van der Waals surface area contributed by atoms with Gasteiger partial charge in [0, 0.05) is 43.1 Å². The molecule has 4 aromatic carbocycles. The molecular formula is C34H32F3N3O3. The largest absolute Gasteiger partial charge is 0.468 e. The number of nitrogens with zero attached hydrogens (tertiary/aromatic N) is 2. The van der Waals surface area contributed by atoms with Gasteiger partial charge in [0.25, 0.3) is 5.91 Å². The summed E-state index contributed by atoms with van der Waals surface area (Å²) in [5, 5.41) is 2.91. The lowest BCUT2D eigenvalue weighted by Gasteiger charge is -2.29. The minimum Gasteiger partial charge on any atom is -0.468 e. The Balaban J connectivity index is 1.25. The fraction of sp³-hybridized carbons (Fsp3) is 0.235. The second-order valence-electron chi connectivity index (χ2n) is 10.3. The molecule has 222 valence electrons. The molecule has 1 heterocycles. The molecule has 0 spiro atoms. The van der Waals surface area contributed by atoms with E-state index >= 15 is 0 Å². The van der Waals surface area contributed by atoms with E-state index in [1.807, 2.05) is 54.6 Å². The van der Waals surface area contributed by atoms with Crippen molar-refractivity contribution in [2.75, 3.05) is 43.5 Å². The number of nitrogens with one attached hydrogen (secondary N) is 1. The number of benzene rings is 4. The Hall–Kier alpha value is -4.63. The molecule has 1 aliphatic rings. The predicted molar refractivity (Wildman–Crippen MR) is 161 cm³/mol. The molecule has 0 bridgehead atoms. The topological polar surface area (TPSA) is 61.9 Å². The van der Waals surface area contributed by atoms with E-state index in [1.54, 1.807) is 24.3 Å². The van der Waals surface area contributed by atoms with Crippen LogP contribution < -0.4 is 10.2 Å². The molecular weight excluding hydrogens is 555 g/mol. The van der Waals surface area contributed by atoms with Gasteiger partial charge in [-0.05, 0) is 65.6 Å². The summed E-state index contributed by atoms with van der Waals surface area (Å²) in [6, 6.07) is 28.3. The summed E-state index contributed by atoms with van der Waals surface area (Å²) in [7, 11) is 1.41. The Labute approximate surface area is 248 Å². The second kappa shape index (κ2) is 13.1. The van der Waals surface area contributed by atoms with Gasteiger partial charge in [-0.15, -0.1) is 0 Å². The summed E-state index contributed by atoms with van der Waals surface area (Å²) < 4.78 is 44.2. The van der Waals surface area contributed by atoms with Crippen LogP contribution in [0.25, 0.3) is 11.1 Å².